The second-order valence-corrected chi connectivity index (χ2v) is 6.66. The summed E-state index contributed by atoms with van der Waals surface area (Å²) in [6.45, 7) is 0. The van der Waals surface area contributed by atoms with Crippen LogP contribution in [0.2, 0.25) is 0 Å². The summed E-state index contributed by atoms with van der Waals surface area (Å²) in [5.41, 5.74) is 0.560. The van der Waals surface area contributed by atoms with E-state index in [9.17, 15) is 9.59 Å². The number of carbonyl (C=O) groups excluding carboxylic acids is 1. The van der Waals surface area contributed by atoms with E-state index < -0.39 is 11.5 Å². The zero-order valence-corrected chi connectivity index (χ0v) is 11.9. The van der Waals surface area contributed by atoms with Crippen molar-refractivity contribution < 1.29 is 14.7 Å². The summed E-state index contributed by atoms with van der Waals surface area (Å²) in [5, 5.41) is 12.0. The lowest BCUT2D eigenvalue weighted by atomic mass is 9.74. The molecule has 1 aliphatic carbocycles. The Morgan fingerprint density at radius 2 is 2.10 bits per heavy atom. The van der Waals surface area contributed by atoms with Gasteiger partial charge in [-0.3, -0.25) is 9.59 Å². The number of carbonyl (C=O) groups is 2. The number of nitrogens with one attached hydrogen (secondary N) is 1. The minimum atomic E-state index is -0.841. The standard InChI is InChI=1S/C15H17NO3S/c17-13(18)8-15(6-3-7-15)16-14(19)11-9-20-12-5-2-1-4-10(11)12/h1-2,4-5,11H,3,6-9H2,(H,16,19)(H,17,18). The van der Waals surface area contributed by atoms with Crippen LogP contribution < -0.4 is 5.32 Å². The predicted molar refractivity (Wildman–Crippen MR) is 76.9 cm³/mol. The molecule has 1 amide bonds. The average Bonchev–Trinajstić information content (AvgIpc) is 2.79. The molecule has 4 nitrogen and oxygen atoms in total. The van der Waals surface area contributed by atoms with Crippen LogP contribution in [-0.2, 0) is 9.59 Å². The van der Waals surface area contributed by atoms with E-state index in [1.165, 1.54) is 0 Å². The van der Waals surface area contributed by atoms with E-state index in [1.54, 1.807) is 11.8 Å². The highest BCUT2D eigenvalue weighted by atomic mass is 32.2. The molecule has 1 heterocycles. The fourth-order valence-electron chi connectivity index (χ4n) is 2.97. The van der Waals surface area contributed by atoms with Crippen molar-refractivity contribution in [2.45, 2.75) is 42.0 Å². The normalized spacial score (nSPS) is 22.7. The number of thioether (sulfide) groups is 1. The van der Waals surface area contributed by atoms with Gasteiger partial charge in [-0.15, -0.1) is 11.8 Å². The number of carboxylic acids is 1. The molecule has 1 aliphatic heterocycles. The molecular weight excluding hydrogens is 274 g/mol. The van der Waals surface area contributed by atoms with E-state index in [0.717, 1.165) is 35.5 Å². The molecule has 5 heteroatoms. The maximum atomic E-state index is 12.5. The fraction of sp³-hybridized carbons (Fsp3) is 0.467. The number of rotatable bonds is 4. The summed E-state index contributed by atoms with van der Waals surface area (Å²) in [7, 11) is 0. The van der Waals surface area contributed by atoms with E-state index >= 15 is 0 Å². The first kappa shape index (κ1) is 13.5. The van der Waals surface area contributed by atoms with Gasteiger partial charge >= 0.3 is 5.97 Å². The first-order valence-corrected chi connectivity index (χ1v) is 7.84. The van der Waals surface area contributed by atoms with Crippen LogP contribution in [0.15, 0.2) is 29.2 Å². The number of benzene rings is 1. The largest absolute Gasteiger partial charge is 0.481 e. The highest BCUT2D eigenvalue weighted by Gasteiger charge is 2.42. The number of hydrogen-bond acceptors (Lipinski definition) is 3. The molecular formula is C15H17NO3S. The van der Waals surface area contributed by atoms with Crippen LogP contribution in [0.25, 0.3) is 0 Å². The van der Waals surface area contributed by atoms with Crippen LogP contribution >= 0.6 is 11.8 Å². The van der Waals surface area contributed by atoms with Gasteiger partial charge in [-0.25, -0.2) is 0 Å². The molecule has 1 atom stereocenters. The molecule has 1 saturated carbocycles. The van der Waals surface area contributed by atoms with Crippen molar-refractivity contribution in [3.05, 3.63) is 29.8 Å². The zero-order valence-electron chi connectivity index (χ0n) is 11.1. The van der Waals surface area contributed by atoms with Crippen LogP contribution in [0.3, 0.4) is 0 Å². The van der Waals surface area contributed by atoms with E-state index in [4.69, 9.17) is 5.11 Å². The molecule has 0 aromatic heterocycles. The topological polar surface area (TPSA) is 66.4 Å². The van der Waals surface area contributed by atoms with Crippen molar-refractivity contribution >= 4 is 23.6 Å². The van der Waals surface area contributed by atoms with E-state index in [1.807, 2.05) is 24.3 Å². The Balaban J connectivity index is 1.73. The first-order valence-electron chi connectivity index (χ1n) is 6.85. The van der Waals surface area contributed by atoms with Crippen LogP contribution in [-0.4, -0.2) is 28.3 Å². The van der Waals surface area contributed by atoms with Gasteiger partial charge in [0, 0.05) is 10.6 Å². The van der Waals surface area contributed by atoms with Crippen molar-refractivity contribution in [1.29, 1.82) is 0 Å². The molecule has 106 valence electrons. The van der Waals surface area contributed by atoms with Gasteiger partial charge < -0.3 is 10.4 Å². The lowest BCUT2D eigenvalue weighted by molar-refractivity contribution is -0.140. The molecule has 1 unspecified atom stereocenters. The monoisotopic (exact) mass is 291 g/mol. The molecule has 2 N–H and O–H groups in total. The smallest absolute Gasteiger partial charge is 0.305 e. The van der Waals surface area contributed by atoms with Crippen molar-refractivity contribution in [2.24, 2.45) is 0 Å². The Bertz CT molecular complexity index is 554. The molecule has 3 rings (SSSR count). The van der Waals surface area contributed by atoms with Gasteiger partial charge in [-0.1, -0.05) is 18.2 Å². The van der Waals surface area contributed by atoms with E-state index in [-0.39, 0.29) is 18.2 Å². The second kappa shape index (κ2) is 5.13. The highest BCUT2D eigenvalue weighted by Crippen LogP contribution is 2.41. The van der Waals surface area contributed by atoms with Crippen molar-refractivity contribution in [3.63, 3.8) is 0 Å². The number of hydrogen-bond donors (Lipinski definition) is 2. The molecule has 0 radical (unpaired) electrons. The van der Waals surface area contributed by atoms with Crippen LogP contribution in [0, 0.1) is 0 Å². The predicted octanol–water partition coefficient (Wildman–Crippen LogP) is 2.39. The molecule has 20 heavy (non-hydrogen) atoms. The molecule has 2 aliphatic rings. The molecule has 1 aromatic carbocycles. The van der Waals surface area contributed by atoms with Crippen molar-refractivity contribution in [3.8, 4) is 0 Å². The van der Waals surface area contributed by atoms with Crippen LogP contribution in [0.4, 0.5) is 0 Å². The SMILES string of the molecule is O=C(O)CC1(NC(=O)C2CSc3ccccc32)CCC1. The van der Waals surface area contributed by atoms with E-state index in [2.05, 4.69) is 5.32 Å². The fourth-order valence-corrected chi connectivity index (χ4v) is 4.20. The summed E-state index contributed by atoms with van der Waals surface area (Å²) >= 11 is 1.69. The van der Waals surface area contributed by atoms with Gasteiger partial charge in [0.2, 0.25) is 5.91 Å². The van der Waals surface area contributed by atoms with Gasteiger partial charge in [0.25, 0.3) is 0 Å². The Kier molecular flexibility index (Phi) is 3.46. The number of carboxylic acid groups (broad SMARTS) is 1. The number of amides is 1. The maximum absolute atomic E-state index is 12.5. The summed E-state index contributed by atoms with van der Waals surface area (Å²) in [6, 6.07) is 7.94. The van der Waals surface area contributed by atoms with Crippen LogP contribution in [0.1, 0.15) is 37.2 Å². The Labute approximate surface area is 121 Å². The second-order valence-electron chi connectivity index (χ2n) is 5.60. The third kappa shape index (κ3) is 2.42. The average molecular weight is 291 g/mol. The Morgan fingerprint density at radius 1 is 1.35 bits per heavy atom. The van der Waals surface area contributed by atoms with Crippen molar-refractivity contribution in [2.75, 3.05) is 5.75 Å². The van der Waals surface area contributed by atoms with Crippen molar-refractivity contribution in [1.82, 2.24) is 5.32 Å². The summed E-state index contributed by atoms with van der Waals surface area (Å²) in [5.74, 6) is -0.272. The van der Waals surface area contributed by atoms with Gasteiger partial charge in [-0.2, -0.15) is 0 Å². The Hall–Kier alpha value is -1.49. The number of fused-ring (bicyclic) bond motifs is 1. The third-order valence-corrected chi connectivity index (χ3v) is 5.39. The van der Waals surface area contributed by atoms with Gasteiger partial charge in [0.1, 0.15) is 0 Å². The summed E-state index contributed by atoms with van der Waals surface area (Å²) in [6.07, 6.45) is 2.56. The lowest BCUT2D eigenvalue weighted by Crippen LogP contribution is -2.55. The first-order chi connectivity index (χ1) is 9.60. The summed E-state index contributed by atoms with van der Waals surface area (Å²) < 4.78 is 0. The maximum Gasteiger partial charge on any atom is 0.305 e. The molecule has 1 fully saturated rings. The third-order valence-electron chi connectivity index (χ3n) is 4.21. The van der Waals surface area contributed by atoms with E-state index in [0.29, 0.717) is 0 Å². The summed E-state index contributed by atoms with van der Waals surface area (Å²) in [4.78, 5) is 24.6. The van der Waals surface area contributed by atoms with Gasteiger partial charge in [-0.05, 0) is 30.9 Å². The number of aliphatic carboxylic acids is 1. The quantitative estimate of drug-likeness (QED) is 0.894. The highest BCUT2D eigenvalue weighted by molar-refractivity contribution is 7.99. The molecule has 1 aromatic rings. The minimum absolute atomic E-state index is 0.0246. The van der Waals surface area contributed by atoms with Gasteiger partial charge in [0.15, 0.2) is 0 Å². The lowest BCUT2D eigenvalue weighted by Gasteiger charge is -2.42. The van der Waals surface area contributed by atoms with Crippen LogP contribution in [0.5, 0.6) is 0 Å². The molecule has 0 bridgehead atoms. The van der Waals surface area contributed by atoms with Gasteiger partial charge in [0.05, 0.1) is 17.9 Å². The Morgan fingerprint density at radius 3 is 2.75 bits per heavy atom. The minimum Gasteiger partial charge on any atom is -0.481 e. The molecule has 0 spiro atoms. The zero-order chi connectivity index (χ0) is 14.2. The molecule has 0 saturated heterocycles.